The van der Waals surface area contributed by atoms with Gasteiger partial charge in [0.15, 0.2) is 0 Å². The fourth-order valence-corrected chi connectivity index (χ4v) is 3.78. The number of rotatable bonds is 7. The highest BCUT2D eigenvalue weighted by atomic mass is 19.1. The molecule has 0 spiro atoms. The van der Waals surface area contributed by atoms with E-state index < -0.39 is 17.7 Å². The van der Waals surface area contributed by atoms with Gasteiger partial charge in [-0.25, -0.2) is 13.8 Å². The van der Waals surface area contributed by atoms with Crippen LogP contribution in [0.4, 0.5) is 14.6 Å². The van der Waals surface area contributed by atoms with E-state index in [1.165, 1.54) is 24.4 Å². The van der Waals surface area contributed by atoms with Crippen molar-refractivity contribution in [3.8, 4) is 12.3 Å². The van der Waals surface area contributed by atoms with Crippen LogP contribution in [0.15, 0.2) is 36.5 Å². The molecular formula is C23H26F2N4O2. The summed E-state index contributed by atoms with van der Waals surface area (Å²) >= 11 is 0. The molecule has 1 aliphatic heterocycles. The lowest BCUT2D eigenvalue weighted by Gasteiger charge is -2.40. The van der Waals surface area contributed by atoms with E-state index >= 15 is 0 Å². The Hall–Kier alpha value is -3.02. The summed E-state index contributed by atoms with van der Waals surface area (Å²) in [6.07, 6.45) is 6.45. The molecule has 1 amide bonds. The molecule has 31 heavy (non-hydrogen) atoms. The van der Waals surface area contributed by atoms with Gasteiger partial charge < -0.3 is 15.4 Å². The van der Waals surface area contributed by atoms with Gasteiger partial charge in [0.2, 0.25) is 0 Å². The SMILES string of the molecule is C#CCNC(=O)c1ccc(NCC(c2c(F)cccc2F)N2CC(C)OC(C)C2)nc1. The average molecular weight is 428 g/mol. The number of halogens is 2. The molecule has 6 nitrogen and oxygen atoms in total. The second kappa shape index (κ2) is 10.3. The molecule has 8 heteroatoms. The maximum absolute atomic E-state index is 14.6. The molecule has 1 aliphatic rings. The van der Waals surface area contributed by atoms with E-state index in [0.29, 0.717) is 24.5 Å². The summed E-state index contributed by atoms with van der Waals surface area (Å²) in [5, 5.41) is 5.71. The van der Waals surface area contributed by atoms with Gasteiger partial charge in [0.05, 0.1) is 30.4 Å². The van der Waals surface area contributed by atoms with Gasteiger partial charge in [-0.1, -0.05) is 12.0 Å². The molecule has 2 heterocycles. The zero-order chi connectivity index (χ0) is 22.4. The molecule has 3 rings (SSSR count). The van der Waals surface area contributed by atoms with Crippen LogP contribution in [0, 0.1) is 24.0 Å². The van der Waals surface area contributed by atoms with Crippen LogP contribution in [0.25, 0.3) is 0 Å². The van der Waals surface area contributed by atoms with Crippen LogP contribution in [-0.4, -0.2) is 54.2 Å². The number of morpholine rings is 1. The molecule has 3 unspecified atom stereocenters. The third-order valence-electron chi connectivity index (χ3n) is 5.07. The molecule has 1 aromatic carbocycles. The summed E-state index contributed by atoms with van der Waals surface area (Å²) in [4.78, 5) is 18.2. The minimum Gasteiger partial charge on any atom is -0.373 e. The maximum Gasteiger partial charge on any atom is 0.253 e. The first-order valence-electron chi connectivity index (χ1n) is 10.1. The van der Waals surface area contributed by atoms with Gasteiger partial charge in [-0.2, -0.15) is 0 Å². The minimum absolute atomic E-state index is 0.0154. The van der Waals surface area contributed by atoms with E-state index in [4.69, 9.17) is 11.2 Å². The normalized spacial score (nSPS) is 20.0. The number of nitrogens with one attached hydrogen (secondary N) is 2. The summed E-state index contributed by atoms with van der Waals surface area (Å²) in [5.41, 5.74) is 0.384. The third kappa shape index (κ3) is 5.78. The highest BCUT2D eigenvalue weighted by Gasteiger charge is 2.32. The lowest BCUT2D eigenvalue weighted by atomic mass is 10.0. The first-order valence-corrected chi connectivity index (χ1v) is 10.1. The van der Waals surface area contributed by atoms with E-state index in [2.05, 4.69) is 21.5 Å². The molecule has 1 aromatic heterocycles. The first-order chi connectivity index (χ1) is 14.9. The number of pyridine rings is 1. The van der Waals surface area contributed by atoms with Gasteiger partial charge in [-0.15, -0.1) is 6.42 Å². The Kier molecular flexibility index (Phi) is 7.55. The number of amides is 1. The molecule has 2 aromatic rings. The number of ether oxygens (including phenoxy) is 1. The predicted molar refractivity (Wildman–Crippen MR) is 115 cm³/mol. The van der Waals surface area contributed by atoms with Crippen molar-refractivity contribution in [2.24, 2.45) is 0 Å². The van der Waals surface area contributed by atoms with Crippen molar-refractivity contribution in [1.29, 1.82) is 0 Å². The van der Waals surface area contributed by atoms with Gasteiger partial charge in [0, 0.05) is 31.4 Å². The third-order valence-corrected chi connectivity index (χ3v) is 5.07. The standard InChI is InChI=1S/C23H26F2N4O2/c1-4-10-26-23(30)17-8-9-21(27-11-17)28-12-20(22-18(24)6-5-7-19(22)25)29-13-15(2)31-16(3)14-29/h1,5-9,11,15-16,20H,10,12-14H2,2-3H3,(H,26,30)(H,27,28). The van der Waals surface area contributed by atoms with Gasteiger partial charge in [0.25, 0.3) is 5.91 Å². The number of hydrogen-bond donors (Lipinski definition) is 2. The van der Waals surface area contributed by atoms with Crippen molar-refractivity contribution in [1.82, 2.24) is 15.2 Å². The lowest BCUT2D eigenvalue weighted by Crippen LogP contribution is -2.48. The lowest BCUT2D eigenvalue weighted by molar-refractivity contribution is -0.0801. The number of hydrogen-bond acceptors (Lipinski definition) is 5. The fraction of sp³-hybridized carbons (Fsp3) is 0.391. The van der Waals surface area contributed by atoms with Crippen molar-refractivity contribution >= 4 is 11.7 Å². The number of aromatic nitrogens is 1. The maximum atomic E-state index is 14.6. The molecule has 0 saturated carbocycles. The molecular weight excluding hydrogens is 402 g/mol. The van der Waals surface area contributed by atoms with Crippen molar-refractivity contribution < 1.29 is 18.3 Å². The molecule has 3 atom stereocenters. The number of benzene rings is 1. The van der Waals surface area contributed by atoms with Crippen LogP contribution >= 0.6 is 0 Å². The van der Waals surface area contributed by atoms with Crippen LogP contribution in [0.1, 0.15) is 35.8 Å². The highest BCUT2D eigenvalue weighted by Crippen LogP contribution is 2.29. The van der Waals surface area contributed by atoms with E-state index in [-0.39, 0.29) is 36.8 Å². The van der Waals surface area contributed by atoms with Crippen LogP contribution in [0.3, 0.4) is 0 Å². The Morgan fingerprint density at radius 1 is 1.26 bits per heavy atom. The second-order valence-corrected chi connectivity index (χ2v) is 7.56. The minimum atomic E-state index is -0.591. The van der Waals surface area contributed by atoms with Crippen molar-refractivity contribution in [3.05, 3.63) is 59.3 Å². The van der Waals surface area contributed by atoms with Crippen molar-refractivity contribution in [2.45, 2.75) is 32.1 Å². The highest BCUT2D eigenvalue weighted by molar-refractivity contribution is 5.94. The quantitative estimate of drug-likeness (QED) is 0.664. The number of anilines is 1. The second-order valence-electron chi connectivity index (χ2n) is 7.56. The summed E-state index contributed by atoms with van der Waals surface area (Å²) < 4.78 is 35.0. The molecule has 0 aliphatic carbocycles. The first kappa shape index (κ1) is 22.7. The largest absolute Gasteiger partial charge is 0.373 e. The van der Waals surface area contributed by atoms with Gasteiger partial charge in [-0.3, -0.25) is 9.69 Å². The number of carbonyl (C=O) groups is 1. The van der Waals surface area contributed by atoms with Crippen molar-refractivity contribution in [2.75, 3.05) is 31.5 Å². The molecule has 0 radical (unpaired) electrons. The Bertz CT molecular complexity index is 915. The number of terminal acetylenes is 1. The Morgan fingerprint density at radius 3 is 2.52 bits per heavy atom. The van der Waals surface area contributed by atoms with Crippen LogP contribution in [-0.2, 0) is 4.74 Å². The molecule has 2 N–H and O–H groups in total. The monoisotopic (exact) mass is 428 g/mol. The number of nitrogens with zero attached hydrogens (tertiary/aromatic N) is 2. The van der Waals surface area contributed by atoms with E-state index in [1.807, 2.05) is 18.7 Å². The summed E-state index contributed by atoms with van der Waals surface area (Å²) in [6.45, 7) is 5.34. The topological polar surface area (TPSA) is 66.5 Å². The van der Waals surface area contributed by atoms with E-state index in [1.54, 1.807) is 12.1 Å². The van der Waals surface area contributed by atoms with Gasteiger partial charge in [0.1, 0.15) is 17.5 Å². The Labute approximate surface area is 181 Å². The summed E-state index contributed by atoms with van der Waals surface area (Å²) in [7, 11) is 0. The van der Waals surface area contributed by atoms with Crippen LogP contribution < -0.4 is 10.6 Å². The van der Waals surface area contributed by atoms with Crippen molar-refractivity contribution in [3.63, 3.8) is 0 Å². The smallest absolute Gasteiger partial charge is 0.253 e. The molecule has 1 fully saturated rings. The van der Waals surface area contributed by atoms with Gasteiger partial charge >= 0.3 is 0 Å². The summed E-state index contributed by atoms with van der Waals surface area (Å²) in [5.74, 6) is 1.32. The van der Waals surface area contributed by atoms with Gasteiger partial charge in [-0.05, 0) is 38.1 Å². The average Bonchev–Trinajstić information content (AvgIpc) is 2.73. The molecule has 0 bridgehead atoms. The zero-order valence-corrected chi connectivity index (χ0v) is 17.6. The predicted octanol–water partition coefficient (Wildman–Crippen LogP) is 2.99. The van der Waals surface area contributed by atoms with E-state index in [9.17, 15) is 13.6 Å². The Morgan fingerprint density at radius 2 is 1.94 bits per heavy atom. The fourth-order valence-electron chi connectivity index (χ4n) is 3.78. The summed E-state index contributed by atoms with van der Waals surface area (Å²) in [6, 6.07) is 6.58. The van der Waals surface area contributed by atoms with E-state index in [0.717, 1.165) is 0 Å². The van der Waals surface area contributed by atoms with Crippen LogP contribution in [0.2, 0.25) is 0 Å². The zero-order valence-electron chi connectivity index (χ0n) is 17.6. The number of carbonyl (C=O) groups excluding carboxylic acids is 1. The Balaban J connectivity index is 1.78. The molecule has 1 saturated heterocycles. The molecule has 164 valence electrons. The van der Waals surface area contributed by atoms with Crippen LogP contribution in [0.5, 0.6) is 0 Å².